The zero-order chi connectivity index (χ0) is 27.0. The largest absolute Gasteiger partial charge is 0.497 e. The third-order valence-corrected chi connectivity index (χ3v) is 11.2. The van der Waals surface area contributed by atoms with Crippen LogP contribution in [-0.4, -0.2) is 33.7 Å². The van der Waals surface area contributed by atoms with Gasteiger partial charge in [-0.1, -0.05) is 27.2 Å². The fourth-order valence-electron chi connectivity index (χ4n) is 9.29. The number of nitrogens with zero attached hydrogens (tertiary/aromatic N) is 1. The van der Waals surface area contributed by atoms with Crippen LogP contribution < -0.4 is 21.3 Å². The molecule has 4 N–H and O–H groups in total. The van der Waals surface area contributed by atoms with Crippen molar-refractivity contribution in [3.8, 4) is 5.75 Å². The molecule has 0 radical (unpaired) electrons. The lowest BCUT2D eigenvalue weighted by molar-refractivity contribution is -0.135. The Balaban J connectivity index is 0.00000102. The number of rotatable bonds is 5. The molecule has 0 spiro atoms. The number of methoxy groups -OCH3 is 2. The van der Waals surface area contributed by atoms with Crippen molar-refractivity contribution in [1.29, 1.82) is 0 Å². The molecule has 6 heteroatoms. The summed E-state index contributed by atoms with van der Waals surface area (Å²) < 4.78 is 9.50. The highest BCUT2D eigenvalue weighted by atomic mass is 16.5. The molecular formula is C31H51N3O3. The second kappa shape index (κ2) is 11.1. The summed E-state index contributed by atoms with van der Waals surface area (Å²) in [6.45, 7) is 7.74. The second-order valence-corrected chi connectivity index (χ2v) is 13.1. The fourth-order valence-corrected chi connectivity index (χ4v) is 9.29. The molecule has 0 bridgehead atoms. The lowest BCUT2D eigenvalue weighted by Crippen LogP contribution is -2.54. The number of Topliss-reactive ketones (excluding diaryl/α,β-unsaturated/α-hetero) is 1. The van der Waals surface area contributed by atoms with Gasteiger partial charge in [-0.05, 0) is 104 Å². The van der Waals surface area contributed by atoms with E-state index < -0.39 is 0 Å². The highest BCUT2D eigenvalue weighted by Gasteiger charge is 2.60. The first kappa shape index (κ1) is 28.2. The van der Waals surface area contributed by atoms with E-state index in [1.807, 2.05) is 12.1 Å². The zero-order valence-electron chi connectivity index (χ0n) is 24.1. The van der Waals surface area contributed by atoms with Crippen molar-refractivity contribution in [2.45, 2.75) is 78.6 Å². The summed E-state index contributed by atoms with van der Waals surface area (Å²) in [6, 6.07) is 5.44. The third kappa shape index (κ3) is 5.13. The molecule has 4 saturated carbocycles. The van der Waals surface area contributed by atoms with Gasteiger partial charge in [-0.3, -0.25) is 4.79 Å². The summed E-state index contributed by atoms with van der Waals surface area (Å²) in [7, 11) is 4.87. The number of fused-ring (bicyclic) bond motifs is 5. The first-order valence-corrected chi connectivity index (χ1v) is 14.5. The third-order valence-electron chi connectivity index (χ3n) is 11.2. The van der Waals surface area contributed by atoms with Crippen molar-refractivity contribution in [2.75, 3.05) is 38.6 Å². The van der Waals surface area contributed by atoms with E-state index in [9.17, 15) is 4.79 Å². The summed E-state index contributed by atoms with van der Waals surface area (Å²) >= 11 is 0. The minimum atomic E-state index is 0.112. The van der Waals surface area contributed by atoms with Gasteiger partial charge in [0.15, 0.2) is 5.78 Å². The summed E-state index contributed by atoms with van der Waals surface area (Å²) in [5, 5.41) is 1.54. The average Bonchev–Trinajstić information content (AvgIpc) is 3.22. The van der Waals surface area contributed by atoms with Gasteiger partial charge in [-0.2, -0.15) is 0 Å². The van der Waals surface area contributed by atoms with Gasteiger partial charge in [0.25, 0.3) is 0 Å². The van der Waals surface area contributed by atoms with Crippen LogP contribution in [0.15, 0.2) is 18.2 Å². The van der Waals surface area contributed by atoms with E-state index in [1.165, 1.54) is 56.4 Å². The average molecular weight is 514 g/mol. The molecule has 4 aliphatic rings. The first-order valence-electron chi connectivity index (χ1n) is 14.5. The highest BCUT2D eigenvalue weighted by molar-refractivity contribution is 5.87. The number of anilines is 2. The summed E-state index contributed by atoms with van der Waals surface area (Å²) in [6.07, 6.45) is 11.8. The Hall–Kier alpha value is -1.79. The van der Waals surface area contributed by atoms with E-state index in [0.717, 1.165) is 30.1 Å². The molecule has 0 amide bonds. The van der Waals surface area contributed by atoms with E-state index in [0.29, 0.717) is 28.5 Å². The number of carbonyl (C=O) groups excluding carboxylic acids is 1. The van der Waals surface area contributed by atoms with Gasteiger partial charge >= 0.3 is 0 Å². The van der Waals surface area contributed by atoms with Gasteiger partial charge in [-0.15, -0.1) is 0 Å². The number of nitrogens with two attached hydrogens (primary N) is 2. The van der Waals surface area contributed by atoms with Crippen molar-refractivity contribution in [3.05, 3.63) is 18.2 Å². The second-order valence-electron chi connectivity index (χ2n) is 13.1. The number of carbonyl (C=O) groups is 1. The van der Waals surface area contributed by atoms with Gasteiger partial charge in [0.1, 0.15) is 5.75 Å². The van der Waals surface area contributed by atoms with Crippen LogP contribution in [0.25, 0.3) is 0 Å². The van der Waals surface area contributed by atoms with Crippen molar-refractivity contribution in [3.63, 3.8) is 0 Å². The monoisotopic (exact) mass is 513 g/mol. The highest BCUT2D eigenvalue weighted by Crippen LogP contribution is 2.67. The minimum absolute atomic E-state index is 0.112. The number of hydrogen-bond acceptors (Lipinski definition) is 6. The van der Waals surface area contributed by atoms with Gasteiger partial charge < -0.3 is 20.2 Å². The Bertz CT molecular complexity index is 954. The summed E-state index contributed by atoms with van der Waals surface area (Å²) in [5.41, 5.74) is 8.07. The molecule has 7 unspecified atom stereocenters. The molecule has 0 saturated heterocycles. The van der Waals surface area contributed by atoms with Crippen LogP contribution in [0.5, 0.6) is 5.75 Å². The first-order chi connectivity index (χ1) is 17.6. The van der Waals surface area contributed by atoms with Gasteiger partial charge in [0, 0.05) is 26.2 Å². The Kier molecular flexibility index (Phi) is 8.49. The molecule has 37 heavy (non-hydrogen) atoms. The Morgan fingerprint density at radius 2 is 1.68 bits per heavy atom. The van der Waals surface area contributed by atoms with E-state index in [4.69, 9.17) is 16.3 Å². The van der Waals surface area contributed by atoms with Gasteiger partial charge in [0.05, 0.1) is 25.0 Å². The minimum Gasteiger partial charge on any atom is -0.497 e. The van der Waals surface area contributed by atoms with E-state index in [1.54, 1.807) is 27.4 Å². The standard InChI is InChI=1S/C29H45N3O2.C2H6O/c1-18-11-13-28(2)19(15-18)5-7-21-22-8-9-24(29(22,3)14-12-23(21)28)27(33)17-32(31)26-10-6-20(34-4)16-25(26)30;1-3-2/h6,10,16,18-19,21-24H,5,7-9,11-15,17,30-31H2,1-4H3;1-2H3/t18?,19?,21?,22?,23?,24-,28?,29?;/m1./s1. The molecule has 0 aliphatic heterocycles. The van der Waals surface area contributed by atoms with Crippen molar-refractivity contribution in [1.82, 2.24) is 0 Å². The van der Waals surface area contributed by atoms with Crippen LogP contribution in [0.1, 0.15) is 78.6 Å². The van der Waals surface area contributed by atoms with Gasteiger partial charge in [-0.25, -0.2) is 5.84 Å². The Morgan fingerprint density at radius 3 is 2.35 bits per heavy atom. The zero-order valence-corrected chi connectivity index (χ0v) is 24.1. The molecule has 4 fully saturated rings. The van der Waals surface area contributed by atoms with Crippen LogP contribution in [-0.2, 0) is 9.53 Å². The quantitative estimate of drug-likeness (QED) is 0.281. The van der Waals surface area contributed by atoms with Crippen molar-refractivity contribution < 1.29 is 14.3 Å². The molecule has 0 heterocycles. The molecule has 1 aromatic carbocycles. The molecule has 6 nitrogen and oxygen atoms in total. The molecule has 4 aliphatic carbocycles. The van der Waals surface area contributed by atoms with Gasteiger partial charge in [0.2, 0.25) is 0 Å². The number of hydrazine groups is 1. The molecule has 0 aromatic heterocycles. The molecule has 8 atom stereocenters. The number of ketones is 1. The maximum absolute atomic E-state index is 13.6. The van der Waals surface area contributed by atoms with Crippen LogP contribution in [0.2, 0.25) is 0 Å². The number of hydrogen-bond donors (Lipinski definition) is 2. The van der Waals surface area contributed by atoms with Crippen LogP contribution in [0.3, 0.4) is 0 Å². The maximum Gasteiger partial charge on any atom is 0.157 e. The smallest absolute Gasteiger partial charge is 0.157 e. The normalized spacial score (nSPS) is 38.4. The Labute approximate surface area is 224 Å². The number of benzene rings is 1. The summed E-state index contributed by atoms with van der Waals surface area (Å²) in [5.74, 6) is 11.6. The van der Waals surface area contributed by atoms with E-state index >= 15 is 0 Å². The fraction of sp³-hybridized carbons (Fsp3) is 0.774. The predicted octanol–water partition coefficient (Wildman–Crippen LogP) is 6.08. The van der Waals surface area contributed by atoms with Crippen molar-refractivity contribution in [2.24, 2.45) is 52.2 Å². The topological polar surface area (TPSA) is 90.8 Å². The Morgan fingerprint density at radius 1 is 1.00 bits per heavy atom. The molecular weight excluding hydrogens is 462 g/mol. The summed E-state index contributed by atoms with van der Waals surface area (Å²) in [4.78, 5) is 13.6. The van der Waals surface area contributed by atoms with Crippen molar-refractivity contribution >= 4 is 17.2 Å². The predicted molar refractivity (Wildman–Crippen MR) is 151 cm³/mol. The van der Waals surface area contributed by atoms with E-state index in [2.05, 4.69) is 25.5 Å². The lowest BCUT2D eigenvalue weighted by Gasteiger charge is -2.61. The van der Waals surface area contributed by atoms with Crippen LogP contribution in [0.4, 0.5) is 11.4 Å². The van der Waals surface area contributed by atoms with E-state index in [-0.39, 0.29) is 23.7 Å². The maximum atomic E-state index is 13.6. The molecule has 5 rings (SSSR count). The molecule has 208 valence electrons. The molecule has 1 aromatic rings. The number of nitrogen functional groups attached to an aromatic ring is 1. The number of ether oxygens (including phenoxy) is 2. The van der Waals surface area contributed by atoms with Crippen LogP contribution >= 0.6 is 0 Å². The SMILES string of the molecule is COC.COc1ccc(N(N)CC(=O)[C@H]2CCC3C4CCC5CC(C)CCC5(C)C4CCC32C)c(N)c1. The van der Waals surface area contributed by atoms with Crippen LogP contribution in [0, 0.1) is 46.3 Å². The lowest BCUT2D eigenvalue weighted by atomic mass is 9.44.